The first-order chi connectivity index (χ1) is 9.34. The Balaban J connectivity index is 2.07. The van der Waals surface area contributed by atoms with E-state index in [1.807, 2.05) is 29.6 Å². The van der Waals surface area contributed by atoms with Gasteiger partial charge in [-0.25, -0.2) is 9.97 Å². The molecule has 0 aliphatic rings. The summed E-state index contributed by atoms with van der Waals surface area (Å²) in [5.41, 5.74) is 3.94. The van der Waals surface area contributed by atoms with Gasteiger partial charge in [-0.3, -0.25) is 4.40 Å². The average Bonchev–Trinajstić information content (AvgIpc) is 2.98. The minimum Gasteiger partial charge on any atom is -0.313 e. The molecular formula is C14H11N5. The van der Waals surface area contributed by atoms with E-state index >= 15 is 0 Å². The second-order valence-corrected chi connectivity index (χ2v) is 4.45. The van der Waals surface area contributed by atoms with E-state index in [2.05, 4.69) is 37.8 Å². The molecule has 0 amide bonds. The zero-order valence-corrected chi connectivity index (χ0v) is 10.4. The highest BCUT2D eigenvalue weighted by Crippen LogP contribution is 2.24. The van der Waals surface area contributed by atoms with Crippen molar-refractivity contribution in [1.29, 1.82) is 0 Å². The zero-order valence-electron chi connectivity index (χ0n) is 10.4. The first-order valence-electron chi connectivity index (χ1n) is 6.03. The van der Waals surface area contributed by atoms with Gasteiger partial charge < -0.3 is 4.57 Å². The fourth-order valence-corrected chi connectivity index (χ4v) is 2.39. The summed E-state index contributed by atoms with van der Waals surface area (Å²) in [5, 5.41) is 0. The number of rotatable bonds is 1. The van der Waals surface area contributed by atoms with Gasteiger partial charge in [-0.2, -0.15) is 4.98 Å². The molecule has 19 heavy (non-hydrogen) atoms. The molecule has 1 aromatic carbocycles. The molecule has 92 valence electrons. The SMILES string of the molecule is Cn1c(-c2ccccc2)cn2c3cncnc3nc12. The molecule has 5 heteroatoms. The van der Waals surface area contributed by atoms with Crippen molar-refractivity contribution in [3.63, 3.8) is 0 Å². The fourth-order valence-electron chi connectivity index (χ4n) is 2.39. The first-order valence-corrected chi connectivity index (χ1v) is 6.03. The highest BCUT2D eigenvalue weighted by Gasteiger charge is 2.13. The summed E-state index contributed by atoms with van der Waals surface area (Å²) in [5.74, 6) is 0.870. The lowest BCUT2D eigenvalue weighted by Crippen LogP contribution is -1.92. The standard InChI is InChI=1S/C14H11N5/c1-18-12(10-5-3-2-4-6-10)8-19-11-7-15-9-16-13(11)17-14(18)19/h2-9H,1H3. The summed E-state index contributed by atoms with van der Waals surface area (Å²) in [7, 11) is 2.01. The smallest absolute Gasteiger partial charge is 0.216 e. The maximum Gasteiger partial charge on any atom is 0.216 e. The van der Waals surface area contributed by atoms with Crippen molar-refractivity contribution in [2.45, 2.75) is 0 Å². The molecule has 3 aromatic heterocycles. The Bertz CT molecular complexity index is 873. The Labute approximate surface area is 109 Å². The van der Waals surface area contributed by atoms with E-state index in [0.717, 1.165) is 22.6 Å². The summed E-state index contributed by atoms with van der Waals surface area (Å²) in [6.45, 7) is 0. The van der Waals surface area contributed by atoms with E-state index in [-0.39, 0.29) is 0 Å². The molecule has 0 unspecified atom stereocenters. The second kappa shape index (κ2) is 3.65. The monoisotopic (exact) mass is 249 g/mol. The van der Waals surface area contributed by atoms with Gasteiger partial charge in [0.2, 0.25) is 5.78 Å². The third-order valence-corrected chi connectivity index (χ3v) is 3.34. The maximum absolute atomic E-state index is 4.54. The highest BCUT2D eigenvalue weighted by atomic mass is 15.2. The van der Waals surface area contributed by atoms with Gasteiger partial charge in [0.25, 0.3) is 0 Å². The largest absolute Gasteiger partial charge is 0.313 e. The Kier molecular flexibility index (Phi) is 1.97. The van der Waals surface area contributed by atoms with Crippen LogP contribution in [0.25, 0.3) is 28.2 Å². The maximum atomic E-state index is 4.54. The molecule has 4 aromatic rings. The van der Waals surface area contributed by atoms with Crippen LogP contribution < -0.4 is 0 Å². The van der Waals surface area contributed by atoms with Crippen LogP contribution in [0.5, 0.6) is 0 Å². The summed E-state index contributed by atoms with van der Waals surface area (Å²) >= 11 is 0. The normalized spacial score (nSPS) is 11.4. The Morgan fingerprint density at radius 3 is 2.79 bits per heavy atom. The number of hydrogen-bond acceptors (Lipinski definition) is 3. The van der Waals surface area contributed by atoms with Gasteiger partial charge in [0.1, 0.15) is 11.8 Å². The first kappa shape index (κ1) is 10.3. The molecule has 0 radical (unpaired) electrons. The quantitative estimate of drug-likeness (QED) is 0.520. The number of aromatic nitrogens is 5. The van der Waals surface area contributed by atoms with Crippen molar-refractivity contribution in [3.05, 3.63) is 49.1 Å². The molecule has 3 heterocycles. The van der Waals surface area contributed by atoms with Crippen LogP contribution in [0.2, 0.25) is 0 Å². The van der Waals surface area contributed by atoms with E-state index in [1.165, 1.54) is 11.9 Å². The summed E-state index contributed by atoms with van der Waals surface area (Å²) in [6.07, 6.45) is 5.38. The summed E-state index contributed by atoms with van der Waals surface area (Å²) in [6, 6.07) is 10.3. The van der Waals surface area contributed by atoms with E-state index in [4.69, 9.17) is 0 Å². The van der Waals surface area contributed by atoms with Gasteiger partial charge in [0.05, 0.1) is 11.9 Å². The molecule has 0 fully saturated rings. The zero-order chi connectivity index (χ0) is 12.8. The van der Waals surface area contributed by atoms with Crippen molar-refractivity contribution < 1.29 is 0 Å². The lowest BCUT2D eigenvalue weighted by atomic mass is 10.2. The van der Waals surface area contributed by atoms with Crippen LogP contribution in [-0.4, -0.2) is 23.9 Å². The topological polar surface area (TPSA) is 48.0 Å². The number of aryl methyl sites for hydroxylation is 1. The number of benzene rings is 1. The Morgan fingerprint density at radius 1 is 1.11 bits per heavy atom. The third-order valence-electron chi connectivity index (χ3n) is 3.34. The van der Waals surface area contributed by atoms with Crippen LogP contribution in [0.15, 0.2) is 49.1 Å². The molecule has 0 saturated carbocycles. The highest BCUT2D eigenvalue weighted by molar-refractivity contribution is 5.77. The van der Waals surface area contributed by atoms with Crippen LogP contribution >= 0.6 is 0 Å². The average molecular weight is 249 g/mol. The summed E-state index contributed by atoms with van der Waals surface area (Å²) < 4.78 is 4.09. The minimum atomic E-state index is 0.722. The molecule has 5 nitrogen and oxygen atoms in total. The Hall–Kier alpha value is -2.69. The molecule has 0 aliphatic carbocycles. The van der Waals surface area contributed by atoms with Gasteiger partial charge in [0.15, 0.2) is 5.65 Å². The molecule has 0 saturated heterocycles. The van der Waals surface area contributed by atoms with Crippen LogP contribution in [0, 0.1) is 0 Å². The number of nitrogens with zero attached hydrogens (tertiary/aromatic N) is 5. The van der Waals surface area contributed by atoms with E-state index in [0.29, 0.717) is 0 Å². The van der Waals surface area contributed by atoms with Gasteiger partial charge in [-0.1, -0.05) is 30.3 Å². The second-order valence-electron chi connectivity index (χ2n) is 4.45. The van der Waals surface area contributed by atoms with Crippen molar-refractivity contribution in [1.82, 2.24) is 23.9 Å². The number of fused-ring (bicyclic) bond motifs is 3. The molecule has 0 bridgehead atoms. The van der Waals surface area contributed by atoms with Crippen molar-refractivity contribution in [3.8, 4) is 11.3 Å². The van der Waals surface area contributed by atoms with E-state index < -0.39 is 0 Å². The minimum absolute atomic E-state index is 0.722. The molecule has 0 aliphatic heterocycles. The molecular weight excluding hydrogens is 238 g/mol. The number of imidazole rings is 2. The van der Waals surface area contributed by atoms with E-state index in [1.54, 1.807) is 6.20 Å². The molecule has 4 rings (SSSR count). The lowest BCUT2D eigenvalue weighted by Gasteiger charge is -2.01. The van der Waals surface area contributed by atoms with E-state index in [9.17, 15) is 0 Å². The molecule has 0 N–H and O–H groups in total. The van der Waals surface area contributed by atoms with Crippen molar-refractivity contribution in [2.24, 2.45) is 7.05 Å². The predicted molar refractivity (Wildman–Crippen MR) is 72.7 cm³/mol. The van der Waals surface area contributed by atoms with Gasteiger partial charge >= 0.3 is 0 Å². The van der Waals surface area contributed by atoms with Crippen LogP contribution in [0.4, 0.5) is 0 Å². The fraction of sp³-hybridized carbons (Fsp3) is 0.0714. The molecule has 0 atom stereocenters. The summed E-state index contributed by atoms with van der Waals surface area (Å²) in [4.78, 5) is 12.8. The van der Waals surface area contributed by atoms with Gasteiger partial charge in [-0.15, -0.1) is 0 Å². The molecule has 0 spiro atoms. The van der Waals surface area contributed by atoms with Crippen LogP contribution in [0.1, 0.15) is 0 Å². The van der Waals surface area contributed by atoms with Gasteiger partial charge in [-0.05, 0) is 5.56 Å². The Morgan fingerprint density at radius 2 is 1.95 bits per heavy atom. The van der Waals surface area contributed by atoms with Gasteiger partial charge in [0, 0.05) is 13.2 Å². The predicted octanol–water partition coefficient (Wildman–Crippen LogP) is 2.28. The lowest BCUT2D eigenvalue weighted by molar-refractivity contribution is 0.947. The van der Waals surface area contributed by atoms with Crippen molar-refractivity contribution >= 4 is 16.9 Å². The van der Waals surface area contributed by atoms with Crippen molar-refractivity contribution in [2.75, 3.05) is 0 Å². The third kappa shape index (κ3) is 1.38. The number of hydrogen-bond donors (Lipinski definition) is 0. The van der Waals surface area contributed by atoms with Crippen LogP contribution in [-0.2, 0) is 7.05 Å². The van der Waals surface area contributed by atoms with Crippen LogP contribution in [0.3, 0.4) is 0 Å².